The number of rotatable bonds is 5. The van der Waals surface area contributed by atoms with Crippen molar-refractivity contribution in [3.05, 3.63) is 54.2 Å². The van der Waals surface area contributed by atoms with Crippen molar-refractivity contribution in [1.29, 1.82) is 0 Å². The number of pyridine rings is 1. The van der Waals surface area contributed by atoms with Crippen LogP contribution in [0.1, 0.15) is 25.5 Å². The molecule has 2 N–H and O–H groups in total. The topological polar surface area (TPSA) is 68.7 Å². The van der Waals surface area contributed by atoms with Gasteiger partial charge in [0.25, 0.3) is 0 Å². The molecule has 1 aromatic heterocycles. The fourth-order valence-corrected chi connectivity index (χ4v) is 3.26. The molecule has 1 fully saturated rings. The standard InChI is InChI=1S/C20H26N4O2/c1-15(20(26)22-18-8-4-3-7-17(18)16(2)25)23-11-13-24(14-12-23)19-9-5-6-10-21-19/h3-10,15-16,25H,11-14H2,1-2H3,(H,22,26)/t15-,16-/m0/s1. The summed E-state index contributed by atoms with van der Waals surface area (Å²) in [6.45, 7) is 6.94. The van der Waals surface area contributed by atoms with Gasteiger partial charge in [-0.25, -0.2) is 4.98 Å². The molecule has 0 saturated carbocycles. The highest BCUT2D eigenvalue weighted by atomic mass is 16.3. The number of hydrogen-bond acceptors (Lipinski definition) is 5. The average Bonchev–Trinajstić information content (AvgIpc) is 2.68. The lowest BCUT2D eigenvalue weighted by atomic mass is 10.1. The maximum atomic E-state index is 12.7. The van der Waals surface area contributed by atoms with Gasteiger partial charge in [-0.3, -0.25) is 9.69 Å². The second kappa shape index (κ2) is 8.29. The predicted octanol–water partition coefficient (Wildman–Crippen LogP) is 2.28. The van der Waals surface area contributed by atoms with Crippen molar-refractivity contribution in [2.75, 3.05) is 36.4 Å². The van der Waals surface area contributed by atoms with E-state index in [1.54, 1.807) is 13.1 Å². The summed E-state index contributed by atoms with van der Waals surface area (Å²) in [6, 6.07) is 13.1. The molecule has 3 rings (SSSR count). The first kappa shape index (κ1) is 18.4. The third-order valence-corrected chi connectivity index (χ3v) is 4.88. The molecule has 1 amide bonds. The van der Waals surface area contributed by atoms with Crippen LogP contribution in [0.5, 0.6) is 0 Å². The molecule has 26 heavy (non-hydrogen) atoms. The van der Waals surface area contributed by atoms with Crippen LogP contribution >= 0.6 is 0 Å². The van der Waals surface area contributed by atoms with Gasteiger partial charge in [-0.2, -0.15) is 0 Å². The lowest BCUT2D eigenvalue weighted by molar-refractivity contribution is -0.120. The number of aliphatic hydroxyl groups excluding tert-OH is 1. The number of hydrogen-bond donors (Lipinski definition) is 2. The van der Waals surface area contributed by atoms with Crippen LogP contribution in [0, 0.1) is 0 Å². The zero-order chi connectivity index (χ0) is 18.5. The SMILES string of the molecule is C[C@H](O)c1ccccc1NC(=O)[C@H](C)N1CCN(c2ccccn2)CC1. The smallest absolute Gasteiger partial charge is 0.241 e. The normalized spacial score (nSPS) is 17.6. The molecule has 0 bridgehead atoms. The molecule has 2 aromatic rings. The van der Waals surface area contributed by atoms with Crippen molar-refractivity contribution >= 4 is 17.4 Å². The second-order valence-corrected chi connectivity index (χ2v) is 6.64. The molecule has 138 valence electrons. The Bertz CT molecular complexity index is 728. The van der Waals surface area contributed by atoms with Gasteiger partial charge in [0.05, 0.1) is 12.1 Å². The number of piperazine rings is 1. The van der Waals surface area contributed by atoms with Gasteiger partial charge >= 0.3 is 0 Å². The van der Waals surface area contributed by atoms with Crippen LogP contribution in [0.15, 0.2) is 48.7 Å². The molecular formula is C20H26N4O2. The van der Waals surface area contributed by atoms with E-state index in [1.807, 2.05) is 49.4 Å². The van der Waals surface area contributed by atoms with Crippen LogP contribution in [-0.4, -0.2) is 53.1 Å². The van der Waals surface area contributed by atoms with Crippen molar-refractivity contribution in [3.63, 3.8) is 0 Å². The third kappa shape index (κ3) is 4.20. The van der Waals surface area contributed by atoms with Crippen molar-refractivity contribution in [2.45, 2.75) is 26.0 Å². The fraction of sp³-hybridized carbons (Fsp3) is 0.400. The van der Waals surface area contributed by atoms with Crippen LogP contribution in [-0.2, 0) is 4.79 Å². The fourth-order valence-electron chi connectivity index (χ4n) is 3.26. The van der Waals surface area contributed by atoms with E-state index in [0.29, 0.717) is 5.69 Å². The summed E-state index contributed by atoms with van der Waals surface area (Å²) >= 11 is 0. The summed E-state index contributed by atoms with van der Waals surface area (Å²) in [5.74, 6) is 0.930. The van der Waals surface area contributed by atoms with E-state index in [1.165, 1.54) is 0 Å². The molecule has 1 saturated heterocycles. The molecule has 2 atom stereocenters. The molecule has 0 unspecified atom stereocenters. The Morgan fingerprint density at radius 2 is 1.77 bits per heavy atom. The maximum Gasteiger partial charge on any atom is 0.241 e. The number of carbonyl (C=O) groups is 1. The third-order valence-electron chi connectivity index (χ3n) is 4.88. The molecule has 1 aromatic carbocycles. The highest BCUT2D eigenvalue weighted by molar-refractivity contribution is 5.95. The number of benzene rings is 1. The van der Waals surface area contributed by atoms with Gasteiger partial charge < -0.3 is 15.3 Å². The molecule has 0 radical (unpaired) electrons. The summed E-state index contributed by atoms with van der Waals surface area (Å²) < 4.78 is 0. The van der Waals surface area contributed by atoms with Gasteiger partial charge in [-0.05, 0) is 32.0 Å². The van der Waals surface area contributed by atoms with Gasteiger partial charge in [0.2, 0.25) is 5.91 Å². The van der Waals surface area contributed by atoms with E-state index in [2.05, 4.69) is 20.1 Å². The van der Waals surface area contributed by atoms with Gasteiger partial charge in [0.1, 0.15) is 5.82 Å². The molecule has 0 aliphatic carbocycles. The first-order valence-corrected chi connectivity index (χ1v) is 9.04. The second-order valence-electron chi connectivity index (χ2n) is 6.64. The van der Waals surface area contributed by atoms with E-state index < -0.39 is 6.10 Å². The van der Waals surface area contributed by atoms with Crippen molar-refractivity contribution in [1.82, 2.24) is 9.88 Å². The first-order valence-electron chi connectivity index (χ1n) is 9.04. The number of carbonyl (C=O) groups excluding carboxylic acids is 1. The summed E-state index contributed by atoms with van der Waals surface area (Å²) in [7, 11) is 0. The zero-order valence-electron chi connectivity index (χ0n) is 15.3. The molecule has 1 aliphatic rings. The highest BCUT2D eigenvalue weighted by Crippen LogP contribution is 2.23. The van der Waals surface area contributed by atoms with Crippen LogP contribution in [0.25, 0.3) is 0 Å². The number of amides is 1. The lowest BCUT2D eigenvalue weighted by Gasteiger charge is -2.38. The Morgan fingerprint density at radius 3 is 2.42 bits per heavy atom. The number of nitrogens with one attached hydrogen (secondary N) is 1. The number of aromatic nitrogens is 1. The Labute approximate surface area is 154 Å². The molecule has 6 heteroatoms. The molecule has 1 aliphatic heterocycles. The van der Waals surface area contributed by atoms with Crippen LogP contribution in [0.4, 0.5) is 11.5 Å². The number of anilines is 2. The van der Waals surface area contributed by atoms with Gasteiger partial charge in [-0.1, -0.05) is 24.3 Å². The largest absolute Gasteiger partial charge is 0.389 e. The van der Waals surface area contributed by atoms with Crippen molar-refractivity contribution < 1.29 is 9.90 Å². The van der Waals surface area contributed by atoms with Crippen LogP contribution in [0.3, 0.4) is 0 Å². The zero-order valence-corrected chi connectivity index (χ0v) is 15.3. The van der Waals surface area contributed by atoms with Crippen molar-refractivity contribution in [2.24, 2.45) is 0 Å². The van der Waals surface area contributed by atoms with Gasteiger partial charge in [0, 0.05) is 43.6 Å². The summed E-state index contributed by atoms with van der Waals surface area (Å²) in [6.07, 6.45) is 1.18. The summed E-state index contributed by atoms with van der Waals surface area (Å²) in [4.78, 5) is 21.5. The number of para-hydroxylation sites is 1. The Morgan fingerprint density at radius 1 is 1.08 bits per heavy atom. The Hall–Kier alpha value is -2.44. The van der Waals surface area contributed by atoms with E-state index in [0.717, 1.165) is 37.6 Å². The summed E-state index contributed by atoms with van der Waals surface area (Å²) in [5, 5.41) is 12.8. The molecule has 6 nitrogen and oxygen atoms in total. The minimum Gasteiger partial charge on any atom is -0.389 e. The van der Waals surface area contributed by atoms with E-state index >= 15 is 0 Å². The lowest BCUT2D eigenvalue weighted by Crippen LogP contribution is -2.53. The Kier molecular flexibility index (Phi) is 5.85. The molecular weight excluding hydrogens is 328 g/mol. The minimum absolute atomic E-state index is 0.0515. The number of nitrogens with zero attached hydrogens (tertiary/aromatic N) is 3. The highest BCUT2D eigenvalue weighted by Gasteiger charge is 2.26. The number of aliphatic hydroxyl groups is 1. The monoisotopic (exact) mass is 354 g/mol. The maximum absolute atomic E-state index is 12.7. The minimum atomic E-state index is -0.622. The quantitative estimate of drug-likeness (QED) is 0.862. The predicted molar refractivity (Wildman–Crippen MR) is 103 cm³/mol. The first-order chi connectivity index (χ1) is 12.6. The van der Waals surface area contributed by atoms with E-state index in [-0.39, 0.29) is 11.9 Å². The van der Waals surface area contributed by atoms with Gasteiger partial charge in [0.15, 0.2) is 0 Å². The molecule has 2 heterocycles. The summed E-state index contributed by atoms with van der Waals surface area (Å²) in [5.41, 5.74) is 1.40. The van der Waals surface area contributed by atoms with Gasteiger partial charge in [-0.15, -0.1) is 0 Å². The molecule has 0 spiro atoms. The van der Waals surface area contributed by atoms with E-state index in [9.17, 15) is 9.90 Å². The van der Waals surface area contributed by atoms with Crippen LogP contribution < -0.4 is 10.2 Å². The van der Waals surface area contributed by atoms with Crippen LogP contribution in [0.2, 0.25) is 0 Å². The van der Waals surface area contributed by atoms with E-state index in [4.69, 9.17) is 0 Å². The Balaban J connectivity index is 1.58. The average molecular weight is 354 g/mol. The van der Waals surface area contributed by atoms with Crippen molar-refractivity contribution in [3.8, 4) is 0 Å².